The standard InChI is InChI=1S/C27H26Cl2N2/c28-24-10-5-11-25(29)23(24)18-30-22-9-4-8-21(17-22)27(20-6-2-1-3-7-20)26-16-19-12-14-31(26)15-13-19/h1-11,17-19,26-27H,12-16H2. The van der Waals surface area contributed by atoms with Gasteiger partial charge < -0.3 is 0 Å². The molecule has 3 saturated heterocycles. The fourth-order valence-corrected chi connectivity index (χ4v) is 5.72. The van der Waals surface area contributed by atoms with Crippen LogP contribution >= 0.6 is 23.2 Å². The second-order valence-corrected chi connectivity index (χ2v) is 9.47. The molecule has 0 amide bonds. The maximum Gasteiger partial charge on any atom is 0.0632 e. The SMILES string of the molecule is Clc1cccc(Cl)c1C=Nc1cccc(C(c2ccccc2)C2CC3CCN2CC3)c1. The van der Waals surface area contributed by atoms with Crippen molar-refractivity contribution in [3.63, 3.8) is 0 Å². The van der Waals surface area contributed by atoms with Crippen molar-refractivity contribution in [2.45, 2.75) is 31.2 Å². The van der Waals surface area contributed by atoms with Crippen LogP contribution in [0, 0.1) is 5.92 Å². The molecular formula is C27H26Cl2N2. The molecule has 3 aromatic carbocycles. The Labute approximate surface area is 194 Å². The summed E-state index contributed by atoms with van der Waals surface area (Å²) in [5, 5.41) is 1.22. The normalized spacial score (nSPS) is 23.9. The van der Waals surface area contributed by atoms with E-state index >= 15 is 0 Å². The van der Waals surface area contributed by atoms with E-state index in [0.717, 1.165) is 17.2 Å². The van der Waals surface area contributed by atoms with Gasteiger partial charge in [-0.05, 0) is 73.7 Å². The van der Waals surface area contributed by atoms with E-state index < -0.39 is 0 Å². The van der Waals surface area contributed by atoms with Crippen molar-refractivity contribution in [1.82, 2.24) is 4.90 Å². The van der Waals surface area contributed by atoms with Crippen LogP contribution in [0.25, 0.3) is 0 Å². The first-order chi connectivity index (χ1) is 15.2. The second kappa shape index (κ2) is 9.16. The number of nitrogens with zero attached hydrogens (tertiary/aromatic N) is 2. The van der Waals surface area contributed by atoms with E-state index in [4.69, 9.17) is 28.2 Å². The Morgan fingerprint density at radius 3 is 2.19 bits per heavy atom. The van der Waals surface area contributed by atoms with Crippen molar-refractivity contribution in [1.29, 1.82) is 0 Å². The summed E-state index contributed by atoms with van der Waals surface area (Å²) in [6.07, 6.45) is 5.75. The van der Waals surface area contributed by atoms with Gasteiger partial charge in [0.25, 0.3) is 0 Å². The van der Waals surface area contributed by atoms with Gasteiger partial charge in [0.05, 0.1) is 15.7 Å². The highest BCUT2D eigenvalue weighted by Crippen LogP contribution is 2.42. The van der Waals surface area contributed by atoms with Gasteiger partial charge in [0.2, 0.25) is 0 Å². The number of benzene rings is 3. The average Bonchev–Trinajstić information content (AvgIpc) is 2.81. The monoisotopic (exact) mass is 448 g/mol. The largest absolute Gasteiger partial charge is 0.299 e. The number of piperidine rings is 3. The number of aliphatic imine (C=N–C) groups is 1. The number of fused-ring (bicyclic) bond motifs is 3. The molecule has 2 nitrogen and oxygen atoms in total. The molecule has 2 unspecified atom stereocenters. The summed E-state index contributed by atoms with van der Waals surface area (Å²) in [5.41, 5.74) is 4.39. The summed E-state index contributed by atoms with van der Waals surface area (Å²) in [7, 11) is 0. The number of halogens is 2. The van der Waals surface area contributed by atoms with Crippen LogP contribution in [0.3, 0.4) is 0 Å². The molecule has 0 saturated carbocycles. The molecule has 3 aromatic rings. The van der Waals surface area contributed by atoms with Gasteiger partial charge in [0.1, 0.15) is 0 Å². The van der Waals surface area contributed by atoms with Crippen molar-refractivity contribution < 1.29 is 0 Å². The van der Waals surface area contributed by atoms with Crippen LogP contribution < -0.4 is 0 Å². The maximum atomic E-state index is 6.31. The lowest BCUT2D eigenvalue weighted by Gasteiger charge is -2.48. The summed E-state index contributed by atoms with van der Waals surface area (Å²) in [5.74, 6) is 1.22. The Balaban J connectivity index is 1.50. The van der Waals surface area contributed by atoms with Gasteiger partial charge in [0.15, 0.2) is 0 Å². The van der Waals surface area contributed by atoms with E-state index in [1.165, 1.54) is 43.5 Å². The topological polar surface area (TPSA) is 15.6 Å². The number of rotatable bonds is 5. The summed E-state index contributed by atoms with van der Waals surface area (Å²) in [4.78, 5) is 7.43. The van der Waals surface area contributed by atoms with Gasteiger partial charge in [-0.2, -0.15) is 0 Å². The highest BCUT2D eigenvalue weighted by Gasteiger charge is 2.39. The van der Waals surface area contributed by atoms with Crippen molar-refractivity contribution in [2.24, 2.45) is 10.9 Å². The molecule has 0 aliphatic carbocycles. The molecule has 4 heteroatoms. The lowest BCUT2D eigenvalue weighted by atomic mass is 9.74. The van der Waals surface area contributed by atoms with Crippen molar-refractivity contribution in [2.75, 3.05) is 13.1 Å². The summed E-state index contributed by atoms with van der Waals surface area (Å²) in [6.45, 7) is 2.45. The van der Waals surface area contributed by atoms with Gasteiger partial charge in [-0.15, -0.1) is 0 Å². The predicted octanol–water partition coefficient (Wildman–Crippen LogP) is 7.36. The molecule has 0 aromatic heterocycles. The molecule has 3 heterocycles. The third kappa shape index (κ3) is 4.43. The van der Waals surface area contributed by atoms with Gasteiger partial charge in [-0.25, -0.2) is 0 Å². The van der Waals surface area contributed by atoms with E-state index in [9.17, 15) is 0 Å². The highest BCUT2D eigenvalue weighted by molar-refractivity contribution is 6.38. The first kappa shape index (κ1) is 20.8. The zero-order valence-corrected chi connectivity index (χ0v) is 18.9. The van der Waals surface area contributed by atoms with Crippen LogP contribution in [0.5, 0.6) is 0 Å². The lowest BCUT2D eigenvalue weighted by Crippen LogP contribution is -2.51. The zero-order valence-electron chi connectivity index (χ0n) is 17.4. The van der Waals surface area contributed by atoms with Crippen LogP contribution in [0.1, 0.15) is 41.9 Å². The Kier molecular flexibility index (Phi) is 6.13. The number of hydrogen-bond donors (Lipinski definition) is 0. The molecule has 31 heavy (non-hydrogen) atoms. The minimum absolute atomic E-state index is 0.350. The van der Waals surface area contributed by atoms with E-state index in [1.807, 2.05) is 24.3 Å². The molecule has 6 rings (SSSR count). The van der Waals surface area contributed by atoms with Gasteiger partial charge in [0, 0.05) is 23.7 Å². The molecule has 0 N–H and O–H groups in total. The van der Waals surface area contributed by atoms with Crippen LogP contribution in [-0.2, 0) is 0 Å². The molecule has 0 spiro atoms. The molecule has 3 fully saturated rings. The fraction of sp³-hybridized carbons (Fsp3) is 0.296. The molecule has 158 valence electrons. The van der Waals surface area contributed by atoms with E-state index in [-0.39, 0.29) is 0 Å². The highest BCUT2D eigenvalue weighted by atomic mass is 35.5. The minimum atomic E-state index is 0.350. The molecule has 0 radical (unpaired) electrons. The van der Waals surface area contributed by atoms with Crippen molar-refractivity contribution >= 4 is 35.1 Å². The number of hydrogen-bond acceptors (Lipinski definition) is 2. The predicted molar refractivity (Wildman–Crippen MR) is 131 cm³/mol. The van der Waals surface area contributed by atoms with E-state index in [2.05, 4.69) is 53.4 Å². The zero-order chi connectivity index (χ0) is 21.2. The summed E-state index contributed by atoms with van der Waals surface area (Å²) in [6, 6.07) is 25.6. The van der Waals surface area contributed by atoms with Crippen LogP contribution in [0.15, 0.2) is 77.8 Å². The minimum Gasteiger partial charge on any atom is -0.299 e. The van der Waals surface area contributed by atoms with E-state index in [1.54, 1.807) is 6.21 Å². The average molecular weight is 449 g/mol. The Bertz CT molecular complexity index is 1050. The summed E-state index contributed by atoms with van der Waals surface area (Å²) < 4.78 is 0. The Morgan fingerprint density at radius 2 is 1.52 bits per heavy atom. The van der Waals surface area contributed by atoms with Crippen molar-refractivity contribution in [3.8, 4) is 0 Å². The Morgan fingerprint density at radius 1 is 0.839 bits per heavy atom. The van der Waals surface area contributed by atoms with E-state index in [0.29, 0.717) is 22.0 Å². The molecule has 2 atom stereocenters. The lowest BCUT2D eigenvalue weighted by molar-refractivity contribution is 0.0411. The molecule has 3 aliphatic heterocycles. The third-order valence-electron chi connectivity index (χ3n) is 6.81. The molecular weight excluding hydrogens is 423 g/mol. The van der Waals surface area contributed by atoms with Gasteiger partial charge >= 0.3 is 0 Å². The fourth-order valence-electron chi connectivity index (χ4n) is 5.23. The Hall–Kier alpha value is -2.13. The second-order valence-electron chi connectivity index (χ2n) is 8.66. The first-order valence-electron chi connectivity index (χ1n) is 11.1. The van der Waals surface area contributed by atoms with Crippen LogP contribution in [0.2, 0.25) is 10.0 Å². The molecule has 3 aliphatic rings. The third-order valence-corrected chi connectivity index (χ3v) is 7.47. The van der Waals surface area contributed by atoms with Gasteiger partial charge in [-0.3, -0.25) is 9.89 Å². The van der Waals surface area contributed by atoms with Crippen LogP contribution in [-0.4, -0.2) is 30.2 Å². The van der Waals surface area contributed by atoms with Gasteiger partial charge in [-0.1, -0.05) is 71.7 Å². The smallest absolute Gasteiger partial charge is 0.0632 e. The van der Waals surface area contributed by atoms with Crippen molar-refractivity contribution in [3.05, 3.63) is 99.5 Å². The first-order valence-corrected chi connectivity index (χ1v) is 11.8. The quantitative estimate of drug-likeness (QED) is 0.372. The molecule has 2 bridgehead atoms. The van der Waals surface area contributed by atoms with Crippen LogP contribution in [0.4, 0.5) is 5.69 Å². The summed E-state index contributed by atoms with van der Waals surface area (Å²) >= 11 is 12.6. The maximum absolute atomic E-state index is 6.31.